The monoisotopic (exact) mass is 367 g/mol. The molecule has 0 spiro atoms. The lowest BCUT2D eigenvalue weighted by Crippen LogP contribution is -2.35. The van der Waals surface area contributed by atoms with Gasteiger partial charge in [-0.25, -0.2) is 0 Å². The SMILES string of the molecule is CC(C)(C)NCc1cc(OCCc2cccs2)ccc1Br. The van der Waals surface area contributed by atoms with Crippen LogP contribution in [0.1, 0.15) is 31.2 Å². The molecule has 2 nitrogen and oxygen atoms in total. The highest BCUT2D eigenvalue weighted by atomic mass is 79.9. The van der Waals surface area contributed by atoms with Gasteiger partial charge in [0.05, 0.1) is 6.61 Å². The first-order chi connectivity index (χ1) is 9.94. The molecule has 0 bridgehead atoms. The van der Waals surface area contributed by atoms with Crippen molar-refractivity contribution in [2.24, 2.45) is 0 Å². The number of hydrogen-bond acceptors (Lipinski definition) is 3. The molecule has 0 unspecified atom stereocenters. The summed E-state index contributed by atoms with van der Waals surface area (Å²) in [6.07, 6.45) is 0.962. The number of thiophene rings is 1. The van der Waals surface area contributed by atoms with E-state index in [4.69, 9.17) is 4.74 Å². The quantitative estimate of drug-likeness (QED) is 0.773. The van der Waals surface area contributed by atoms with E-state index in [1.165, 1.54) is 10.4 Å². The van der Waals surface area contributed by atoms with Gasteiger partial charge in [0.15, 0.2) is 0 Å². The van der Waals surface area contributed by atoms with Gasteiger partial charge in [0, 0.05) is 27.9 Å². The molecule has 1 aromatic heterocycles. The van der Waals surface area contributed by atoms with Crippen molar-refractivity contribution in [2.45, 2.75) is 39.3 Å². The molecule has 2 rings (SSSR count). The molecule has 0 saturated heterocycles. The zero-order valence-electron chi connectivity index (χ0n) is 12.8. The summed E-state index contributed by atoms with van der Waals surface area (Å²) in [6, 6.07) is 10.4. The van der Waals surface area contributed by atoms with Crippen molar-refractivity contribution in [3.63, 3.8) is 0 Å². The Kier molecular flexibility index (Phi) is 5.85. The number of rotatable bonds is 6. The maximum atomic E-state index is 5.86. The number of hydrogen-bond donors (Lipinski definition) is 1. The van der Waals surface area contributed by atoms with Crippen molar-refractivity contribution in [1.82, 2.24) is 5.32 Å². The van der Waals surface area contributed by atoms with Crippen LogP contribution < -0.4 is 10.1 Å². The molecular formula is C17H22BrNOS. The molecule has 1 heterocycles. The van der Waals surface area contributed by atoms with E-state index >= 15 is 0 Å². The summed E-state index contributed by atoms with van der Waals surface area (Å²) in [5.41, 5.74) is 1.33. The number of halogens is 1. The third kappa shape index (κ3) is 5.81. The van der Waals surface area contributed by atoms with Crippen LogP contribution >= 0.6 is 27.3 Å². The van der Waals surface area contributed by atoms with E-state index in [-0.39, 0.29) is 5.54 Å². The molecular weight excluding hydrogens is 346 g/mol. The molecule has 4 heteroatoms. The second-order valence-corrected chi connectivity index (χ2v) is 7.92. The van der Waals surface area contributed by atoms with E-state index in [0.29, 0.717) is 6.61 Å². The second-order valence-electron chi connectivity index (χ2n) is 6.03. The minimum absolute atomic E-state index is 0.107. The average molecular weight is 368 g/mol. The first kappa shape index (κ1) is 16.5. The van der Waals surface area contributed by atoms with Crippen LogP contribution in [0.2, 0.25) is 0 Å². The van der Waals surface area contributed by atoms with Crippen LogP contribution in [0.25, 0.3) is 0 Å². The Morgan fingerprint density at radius 1 is 1.24 bits per heavy atom. The van der Waals surface area contributed by atoms with Crippen LogP contribution in [0.5, 0.6) is 5.75 Å². The van der Waals surface area contributed by atoms with E-state index in [0.717, 1.165) is 23.2 Å². The molecule has 2 aromatic rings. The van der Waals surface area contributed by atoms with Crippen LogP contribution in [-0.4, -0.2) is 12.1 Å². The van der Waals surface area contributed by atoms with Crippen molar-refractivity contribution < 1.29 is 4.74 Å². The predicted octanol–water partition coefficient (Wildman–Crippen LogP) is 5.02. The Labute approximate surface area is 139 Å². The highest BCUT2D eigenvalue weighted by Crippen LogP contribution is 2.23. The van der Waals surface area contributed by atoms with Gasteiger partial charge in [-0.3, -0.25) is 0 Å². The molecule has 0 radical (unpaired) electrons. The lowest BCUT2D eigenvalue weighted by atomic mass is 10.1. The van der Waals surface area contributed by atoms with Crippen molar-refractivity contribution in [3.8, 4) is 5.75 Å². The van der Waals surface area contributed by atoms with Crippen molar-refractivity contribution in [3.05, 3.63) is 50.6 Å². The van der Waals surface area contributed by atoms with E-state index in [1.54, 1.807) is 11.3 Å². The Balaban J connectivity index is 1.91. The molecule has 114 valence electrons. The topological polar surface area (TPSA) is 21.3 Å². The molecule has 1 N–H and O–H groups in total. The van der Waals surface area contributed by atoms with Gasteiger partial charge in [-0.15, -0.1) is 11.3 Å². The molecule has 0 aliphatic heterocycles. The lowest BCUT2D eigenvalue weighted by molar-refractivity contribution is 0.322. The average Bonchev–Trinajstić information content (AvgIpc) is 2.91. The highest BCUT2D eigenvalue weighted by molar-refractivity contribution is 9.10. The fraction of sp³-hybridized carbons (Fsp3) is 0.412. The highest BCUT2D eigenvalue weighted by Gasteiger charge is 2.10. The normalized spacial score (nSPS) is 11.6. The van der Waals surface area contributed by atoms with E-state index < -0.39 is 0 Å². The Hall–Kier alpha value is -0.840. The van der Waals surface area contributed by atoms with Gasteiger partial charge in [0.2, 0.25) is 0 Å². The van der Waals surface area contributed by atoms with Crippen LogP contribution in [-0.2, 0) is 13.0 Å². The van der Waals surface area contributed by atoms with Crippen LogP contribution in [0, 0.1) is 0 Å². The van der Waals surface area contributed by atoms with Gasteiger partial charge in [-0.2, -0.15) is 0 Å². The Morgan fingerprint density at radius 3 is 2.71 bits per heavy atom. The summed E-state index contributed by atoms with van der Waals surface area (Å²) >= 11 is 5.38. The number of nitrogens with one attached hydrogen (secondary N) is 1. The van der Waals surface area contributed by atoms with Gasteiger partial charge in [-0.1, -0.05) is 22.0 Å². The fourth-order valence-electron chi connectivity index (χ4n) is 1.86. The minimum atomic E-state index is 0.107. The molecule has 0 fully saturated rings. The van der Waals surface area contributed by atoms with Crippen molar-refractivity contribution in [2.75, 3.05) is 6.61 Å². The van der Waals surface area contributed by atoms with E-state index in [1.807, 2.05) is 6.07 Å². The van der Waals surface area contributed by atoms with Gasteiger partial charge < -0.3 is 10.1 Å². The summed E-state index contributed by atoms with van der Waals surface area (Å²) in [7, 11) is 0. The van der Waals surface area contributed by atoms with Crippen LogP contribution in [0.4, 0.5) is 0 Å². The number of benzene rings is 1. The maximum Gasteiger partial charge on any atom is 0.119 e. The summed E-state index contributed by atoms with van der Waals surface area (Å²) in [5, 5.41) is 5.60. The standard InChI is InChI=1S/C17H22BrNOS/c1-17(2,3)19-12-13-11-14(6-7-16(13)18)20-9-8-15-5-4-10-21-15/h4-7,10-11,19H,8-9,12H2,1-3H3. The summed E-state index contributed by atoms with van der Waals surface area (Å²) in [4.78, 5) is 1.36. The van der Waals surface area contributed by atoms with Crippen molar-refractivity contribution in [1.29, 1.82) is 0 Å². The summed E-state index contributed by atoms with van der Waals surface area (Å²) in [5.74, 6) is 0.931. The minimum Gasteiger partial charge on any atom is -0.493 e. The molecule has 21 heavy (non-hydrogen) atoms. The zero-order valence-corrected chi connectivity index (χ0v) is 15.2. The molecule has 0 atom stereocenters. The van der Waals surface area contributed by atoms with Crippen LogP contribution in [0.3, 0.4) is 0 Å². The fourth-order valence-corrected chi connectivity index (χ4v) is 2.94. The largest absolute Gasteiger partial charge is 0.493 e. The van der Waals surface area contributed by atoms with Gasteiger partial charge in [-0.05, 0) is 56.0 Å². The molecule has 0 amide bonds. The van der Waals surface area contributed by atoms with E-state index in [2.05, 4.69) is 71.7 Å². The van der Waals surface area contributed by atoms with Gasteiger partial charge in [0.25, 0.3) is 0 Å². The molecule has 1 aromatic carbocycles. The van der Waals surface area contributed by atoms with E-state index in [9.17, 15) is 0 Å². The Bertz CT molecular complexity index is 561. The second kappa shape index (κ2) is 7.43. The Morgan fingerprint density at radius 2 is 2.05 bits per heavy atom. The summed E-state index contributed by atoms with van der Waals surface area (Å²) < 4.78 is 6.98. The lowest BCUT2D eigenvalue weighted by Gasteiger charge is -2.21. The molecule has 0 saturated carbocycles. The van der Waals surface area contributed by atoms with Crippen LogP contribution in [0.15, 0.2) is 40.2 Å². The third-order valence-electron chi connectivity index (χ3n) is 3.02. The number of ether oxygens (including phenoxy) is 1. The first-order valence-corrected chi connectivity index (χ1v) is 8.80. The molecule has 0 aliphatic rings. The first-order valence-electron chi connectivity index (χ1n) is 7.13. The molecule has 0 aliphatic carbocycles. The predicted molar refractivity (Wildman–Crippen MR) is 94.3 cm³/mol. The smallest absolute Gasteiger partial charge is 0.119 e. The van der Waals surface area contributed by atoms with Crippen molar-refractivity contribution >= 4 is 27.3 Å². The summed E-state index contributed by atoms with van der Waals surface area (Å²) in [6.45, 7) is 8.05. The van der Waals surface area contributed by atoms with Gasteiger partial charge >= 0.3 is 0 Å². The zero-order chi connectivity index (χ0) is 15.3. The van der Waals surface area contributed by atoms with Gasteiger partial charge in [0.1, 0.15) is 5.75 Å². The maximum absolute atomic E-state index is 5.86. The third-order valence-corrected chi connectivity index (χ3v) is 4.73.